The van der Waals surface area contributed by atoms with Crippen molar-refractivity contribution in [2.24, 2.45) is 0 Å². The number of sulfone groups is 1. The van der Waals surface area contributed by atoms with Crippen molar-refractivity contribution in [3.8, 4) is 0 Å². The Hall–Kier alpha value is -0.780. The van der Waals surface area contributed by atoms with Gasteiger partial charge in [0.2, 0.25) is 0 Å². The number of aliphatic hydroxyl groups is 1. The largest absolute Gasteiger partial charge is 0.395 e. The Morgan fingerprint density at radius 1 is 1.50 bits per heavy atom. The first-order valence-electron chi connectivity index (χ1n) is 4.88. The van der Waals surface area contributed by atoms with Crippen molar-refractivity contribution in [3.05, 3.63) is 23.2 Å². The van der Waals surface area contributed by atoms with Crippen molar-refractivity contribution in [1.29, 1.82) is 0 Å². The lowest BCUT2D eigenvalue weighted by molar-refractivity contribution is 0.282. The third-order valence-electron chi connectivity index (χ3n) is 2.79. The van der Waals surface area contributed by atoms with E-state index in [2.05, 4.69) is 5.32 Å². The first kappa shape index (κ1) is 11.7. The summed E-state index contributed by atoms with van der Waals surface area (Å²) in [5, 5.41) is 11.7. The van der Waals surface area contributed by atoms with E-state index in [1.165, 1.54) is 6.07 Å². The van der Waals surface area contributed by atoms with Crippen molar-refractivity contribution in [1.82, 2.24) is 0 Å². The fraction of sp³-hybridized carbons (Fsp3) is 0.400. The molecule has 88 valence electrons. The summed E-state index contributed by atoms with van der Waals surface area (Å²) in [7, 11) is -3.50. The van der Waals surface area contributed by atoms with Crippen LogP contribution in [0.25, 0.3) is 0 Å². The first-order chi connectivity index (χ1) is 7.48. The number of halogens is 1. The van der Waals surface area contributed by atoms with Gasteiger partial charge in [0.25, 0.3) is 0 Å². The molecule has 0 aromatic heterocycles. The molecule has 4 nitrogen and oxygen atoms in total. The van der Waals surface area contributed by atoms with E-state index in [0.717, 1.165) is 0 Å². The molecule has 0 amide bonds. The number of para-hydroxylation sites is 1. The summed E-state index contributed by atoms with van der Waals surface area (Å²) in [6, 6.07) is 4.36. The van der Waals surface area contributed by atoms with Crippen LogP contribution in [0.5, 0.6) is 0 Å². The van der Waals surface area contributed by atoms with Gasteiger partial charge in [-0.1, -0.05) is 17.7 Å². The summed E-state index contributed by atoms with van der Waals surface area (Å²) < 4.78 is 24.3. The topological polar surface area (TPSA) is 66.4 Å². The standard InChI is InChI=1S/C10H12ClNO3S/c1-6-9(5-13)16(14,15)8-4-2-3-7(11)10(8)12-6/h2-4,6,9,12-13H,5H2,1H3. The Labute approximate surface area is 99.2 Å². The van der Waals surface area contributed by atoms with Gasteiger partial charge in [-0.25, -0.2) is 8.42 Å². The number of rotatable bonds is 1. The summed E-state index contributed by atoms with van der Waals surface area (Å²) in [6.45, 7) is 1.31. The van der Waals surface area contributed by atoms with E-state index in [1.54, 1.807) is 19.1 Å². The molecule has 2 N–H and O–H groups in total. The Morgan fingerprint density at radius 2 is 2.19 bits per heavy atom. The highest BCUT2D eigenvalue weighted by Crippen LogP contribution is 2.37. The van der Waals surface area contributed by atoms with Crippen LogP contribution in [0.3, 0.4) is 0 Å². The lowest BCUT2D eigenvalue weighted by Gasteiger charge is -2.31. The number of aliphatic hydroxyl groups excluding tert-OH is 1. The second-order valence-corrected chi connectivity index (χ2v) is 6.35. The van der Waals surface area contributed by atoms with Gasteiger partial charge in [0, 0.05) is 6.04 Å². The third-order valence-corrected chi connectivity index (χ3v) is 5.41. The van der Waals surface area contributed by atoms with E-state index >= 15 is 0 Å². The number of hydrogen-bond acceptors (Lipinski definition) is 4. The molecule has 0 fully saturated rings. The predicted molar refractivity (Wildman–Crippen MR) is 62.6 cm³/mol. The van der Waals surface area contributed by atoms with E-state index < -0.39 is 21.7 Å². The molecule has 6 heteroatoms. The van der Waals surface area contributed by atoms with E-state index in [4.69, 9.17) is 16.7 Å². The Kier molecular flexibility index (Phi) is 2.86. The van der Waals surface area contributed by atoms with Crippen LogP contribution in [0.2, 0.25) is 5.02 Å². The molecule has 1 heterocycles. The average molecular weight is 262 g/mol. The molecule has 0 aliphatic carbocycles. The molecule has 16 heavy (non-hydrogen) atoms. The molecule has 0 radical (unpaired) electrons. The van der Waals surface area contributed by atoms with Crippen LogP contribution in [0, 0.1) is 0 Å². The molecule has 1 aromatic rings. The number of anilines is 1. The van der Waals surface area contributed by atoms with Crippen LogP contribution in [-0.2, 0) is 9.84 Å². The molecule has 1 aliphatic heterocycles. The lowest BCUT2D eigenvalue weighted by atomic mass is 10.2. The Balaban J connectivity index is 2.67. The fourth-order valence-corrected chi connectivity index (χ4v) is 4.02. The van der Waals surface area contributed by atoms with Crippen molar-refractivity contribution >= 4 is 27.1 Å². The minimum absolute atomic E-state index is 0.164. The maximum atomic E-state index is 12.1. The van der Waals surface area contributed by atoms with Crippen molar-refractivity contribution < 1.29 is 13.5 Å². The van der Waals surface area contributed by atoms with Gasteiger partial charge in [0.05, 0.1) is 22.2 Å². The fourth-order valence-electron chi connectivity index (χ4n) is 1.89. The molecule has 2 rings (SSSR count). The van der Waals surface area contributed by atoms with Gasteiger partial charge in [0.15, 0.2) is 9.84 Å². The molecular formula is C10H12ClNO3S. The van der Waals surface area contributed by atoms with Crippen LogP contribution >= 0.6 is 11.6 Å². The third kappa shape index (κ3) is 1.59. The number of fused-ring (bicyclic) bond motifs is 1. The van der Waals surface area contributed by atoms with E-state index in [9.17, 15) is 8.42 Å². The Bertz CT molecular complexity index is 515. The van der Waals surface area contributed by atoms with Gasteiger partial charge < -0.3 is 10.4 Å². The zero-order valence-corrected chi connectivity index (χ0v) is 10.2. The second kappa shape index (κ2) is 3.91. The monoisotopic (exact) mass is 261 g/mol. The highest BCUT2D eigenvalue weighted by Gasteiger charge is 2.38. The maximum Gasteiger partial charge on any atom is 0.187 e. The van der Waals surface area contributed by atoms with Gasteiger partial charge in [-0.3, -0.25) is 0 Å². The zero-order valence-electron chi connectivity index (χ0n) is 8.64. The summed E-state index contributed by atoms with van der Waals surface area (Å²) in [5.74, 6) is 0. The molecule has 2 unspecified atom stereocenters. The maximum absolute atomic E-state index is 12.1. The molecule has 0 saturated carbocycles. The molecule has 0 bridgehead atoms. The van der Waals surface area contributed by atoms with Crippen molar-refractivity contribution in [3.63, 3.8) is 0 Å². The minimum Gasteiger partial charge on any atom is -0.395 e. The van der Waals surface area contributed by atoms with Gasteiger partial charge in [0.1, 0.15) is 5.25 Å². The molecule has 1 aromatic carbocycles. The van der Waals surface area contributed by atoms with E-state index in [1.807, 2.05) is 0 Å². The predicted octanol–water partition coefficient (Wildman–Crippen LogP) is 1.29. The van der Waals surface area contributed by atoms with Crippen LogP contribution < -0.4 is 5.32 Å². The number of nitrogens with one attached hydrogen (secondary N) is 1. The van der Waals surface area contributed by atoms with Gasteiger partial charge in [-0.2, -0.15) is 0 Å². The highest BCUT2D eigenvalue weighted by atomic mass is 35.5. The molecule has 0 saturated heterocycles. The van der Waals surface area contributed by atoms with Crippen LogP contribution in [0.1, 0.15) is 6.92 Å². The smallest absolute Gasteiger partial charge is 0.187 e. The average Bonchev–Trinajstić information content (AvgIpc) is 2.20. The minimum atomic E-state index is -3.50. The summed E-state index contributed by atoms with van der Waals surface area (Å²) in [5.41, 5.74) is 0.432. The summed E-state index contributed by atoms with van der Waals surface area (Å²) in [4.78, 5) is 0.164. The Morgan fingerprint density at radius 3 is 2.81 bits per heavy atom. The van der Waals surface area contributed by atoms with Crippen LogP contribution in [-0.4, -0.2) is 31.4 Å². The number of hydrogen-bond donors (Lipinski definition) is 2. The van der Waals surface area contributed by atoms with Crippen LogP contribution in [0.4, 0.5) is 5.69 Å². The zero-order chi connectivity index (χ0) is 11.9. The summed E-state index contributed by atoms with van der Waals surface area (Å²) in [6.07, 6.45) is 0. The van der Waals surface area contributed by atoms with Gasteiger partial charge >= 0.3 is 0 Å². The second-order valence-electron chi connectivity index (χ2n) is 3.81. The van der Waals surface area contributed by atoms with E-state index in [-0.39, 0.29) is 10.9 Å². The molecular weight excluding hydrogens is 250 g/mol. The first-order valence-corrected chi connectivity index (χ1v) is 6.80. The summed E-state index contributed by atoms with van der Waals surface area (Å²) >= 11 is 5.94. The molecule has 1 aliphatic rings. The van der Waals surface area contributed by atoms with Crippen LogP contribution in [0.15, 0.2) is 23.1 Å². The quantitative estimate of drug-likeness (QED) is 0.800. The van der Waals surface area contributed by atoms with Gasteiger partial charge in [-0.15, -0.1) is 0 Å². The molecule has 2 atom stereocenters. The normalized spacial score (nSPS) is 26.9. The van der Waals surface area contributed by atoms with E-state index in [0.29, 0.717) is 10.7 Å². The SMILES string of the molecule is CC1Nc2c(Cl)cccc2S(=O)(=O)C1CO. The highest BCUT2D eigenvalue weighted by molar-refractivity contribution is 7.92. The molecule has 0 spiro atoms. The van der Waals surface area contributed by atoms with Crippen molar-refractivity contribution in [2.75, 3.05) is 11.9 Å². The van der Waals surface area contributed by atoms with Crippen molar-refractivity contribution in [2.45, 2.75) is 23.1 Å². The number of benzene rings is 1. The lowest BCUT2D eigenvalue weighted by Crippen LogP contribution is -2.44. The van der Waals surface area contributed by atoms with Gasteiger partial charge in [-0.05, 0) is 19.1 Å².